The molecule has 2 aliphatic rings. The molecule has 0 saturated heterocycles. The second kappa shape index (κ2) is 6.98. The van der Waals surface area contributed by atoms with E-state index in [9.17, 15) is 4.79 Å². The van der Waals surface area contributed by atoms with Crippen molar-refractivity contribution in [2.24, 2.45) is 4.99 Å². The maximum absolute atomic E-state index is 12.8. The molecule has 1 amide bonds. The van der Waals surface area contributed by atoms with Crippen molar-refractivity contribution in [2.75, 3.05) is 19.9 Å². The smallest absolute Gasteiger partial charge is 0.260 e. The first kappa shape index (κ1) is 16.3. The Balaban J connectivity index is 1.47. The number of halogens is 1. The number of carbonyl (C=O) groups excluding carboxylic acids is 1. The highest BCUT2D eigenvalue weighted by molar-refractivity contribution is 8.13. The van der Waals surface area contributed by atoms with Gasteiger partial charge in [-0.3, -0.25) is 14.7 Å². The van der Waals surface area contributed by atoms with Crippen LogP contribution in [0.3, 0.4) is 0 Å². The van der Waals surface area contributed by atoms with E-state index in [0.717, 1.165) is 15.8 Å². The van der Waals surface area contributed by atoms with Gasteiger partial charge in [0.05, 0.1) is 6.54 Å². The van der Waals surface area contributed by atoms with Crippen LogP contribution < -0.4 is 9.47 Å². The van der Waals surface area contributed by atoms with Gasteiger partial charge in [0.15, 0.2) is 16.7 Å². The highest BCUT2D eigenvalue weighted by Crippen LogP contribution is 2.33. The van der Waals surface area contributed by atoms with E-state index in [4.69, 9.17) is 21.1 Å². The predicted molar refractivity (Wildman–Crippen MR) is 98.7 cm³/mol. The lowest BCUT2D eigenvalue weighted by Gasteiger charge is -2.18. The van der Waals surface area contributed by atoms with Crippen molar-refractivity contribution in [3.05, 3.63) is 58.6 Å². The van der Waals surface area contributed by atoms with Gasteiger partial charge in [-0.1, -0.05) is 41.6 Å². The molecule has 2 aliphatic heterocycles. The van der Waals surface area contributed by atoms with Crippen LogP contribution in [0.15, 0.2) is 47.5 Å². The van der Waals surface area contributed by atoms with E-state index in [1.165, 1.54) is 11.8 Å². The number of carbonyl (C=O) groups is 1. The number of amidine groups is 1. The van der Waals surface area contributed by atoms with Gasteiger partial charge >= 0.3 is 0 Å². The van der Waals surface area contributed by atoms with Gasteiger partial charge in [-0.2, -0.15) is 0 Å². The molecule has 0 aliphatic carbocycles. The third kappa shape index (κ3) is 3.32. The van der Waals surface area contributed by atoms with Crippen LogP contribution in [-0.2, 0) is 5.75 Å². The van der Waals surface area contributed by atoms with Crippen LogP contribution in [0, 0.1) is 0 Å². The summed E-state index contributed by atoms with van der Waals surface area (Å²) in [4.78, 5) is 19.0. The summed E-state index contributed by atoms with van der Waals surface area (Å²) in [5.41, 5.74) is 1.59. The second-order valence-electron chi connectivity index (χ2n) is 5.57. The maximum atomic E-state index is 12.8. The maximum Gasteiger partial charge on any atom is 0.260 e. The van der Waals surface area contributed by atoms with Crippen LogP contribution in [0.1, 0.15) is 15.9 Å². The Labute approximate surface area is 154 Å². The molecule has 4 rings (SSSR count). The van der Waals surface area contributed by atoms with E-state index in [0.29, 0.717) is 35.9 Å². The number of ether oxygens (including phenoxy) is 2. The minimum absolute atomic E-state index is 0.0822. The van der Waals surface area contributed by atoms with E-state index in [1.54, 1.807) is 23.1 Å². The van der Waals surface area contributed by atoms with E-state index < -0.39 is 0 Å². The fourth-order valence-electron chi connectivity index (χ4n) is 2.68. The Bertz CT molecular complexity index is 856. The Morgan fingerprint density at radius 2 is 2.04 bits per heavy atom. The fraction of sp³-hybridized carbons (Fsp3) is 0.222. The Morgan fingerprint density at radius 1 is 1.20 bits per heavy atom. The third-order valence-electron chi connectivity index (χ3n) is 3.98. The fourth-order valence-corrected chi connectivity index (χ4v) is 4.01. The van der Waals surface area contributed by atoms with Gasteiger partial charge < -0.3 is 9.47 Å². The molecule has 2 aromatic carbocycles. The average Bonchev–Trinajstić information content (AvgIpc) is 3.28. The summed E-state index contributed by atoms with van der Waals surface area (Å²) in [6.45, 7) is 1.39. The first-order valence-electron chi connectivity index (χ1n) is 7.84. The number of aliphatic imine (C=N–C) groups is 1. The predicted octanol–water partition coefficient (Wildman–Crippen LogP) is 3.81. The van der Waals surface area contributed by atoms with Crippen LogP contribution in [-0.4, -0.2) is 35.9 Å². The Kier molecular flexibility index (Phi) is 4.55. The molecular weight excluding hydrogens is 360 g/mol. The molecule has 2 heterocycles. The molecule has 0 spiro atoms. The van der Waals surface area contributed by atoms with Crippen molar-refractivity contribution in [1.82, 2.24) is 4.90 Å². The molecular formula is C18H15ClN2O3S. The summed E-state index contributed by atoms with van der Waals surface area (Å²) in [6, 6.07) is 12.9. The van der Waals surface area contributed by atoms with Crippen molar-refractivity contribution in [1.29, 1.82) is 0 Å². The van der Waals surface area contributed by atoms with Crippen LogP contribution >= 0.6 is 23.4 Å². The molecule has 0 fully saturated rings. The molecule has 0 radical (unpaired) electrons. The van der Waals surface area contributed by atoms with Crippen molar-refractivity contribution >= 4 is 34.4 Å². The molecule has 25 heavy (non-hydrogen) atoms. The van der Waals surface area contributed by atoms with Gasteiger partial charge in [-0.05, 0) is 29.8 Å². The summed E-state index contributed by atoms with van der Waals surface area (Å²) in [7, 11) is 0. The lowest BCUT2D eigenvalue weighted by atomic mass is 10.2. The number of hydrogen-bond donors (Lipinski definition) is 0. The minimum atomic E-state index is -0.0822. The molecule has 7 heteroatoms. The van der Waals surface area contributed by atoms with Gasteiger partial charge in [0.2, 0.25) is 6.79 Å². The molecule has 0 N–H and O–H groups in total. The molecule has 0 saturated carbocycles. The van der Waals surface area contributed by atoms with E-state index >= 15 is 0 Å². The molecule has 0 bridgehead atoms. The lowest BCUT2D eigenvalue weighted by molar-refractivity contribution is 0.0860. The molecule has 0 atom stereocenters. The molecule has 0 aromatic heterocycles. The number of amides is 1. The van der Waals surface area contributed by atoms with Crippen molar-refractivity contribution in [3.8, 4) is 11.5 Å². The summed E-state index contributed by atoms with van der Waals surface area (Å²) < 4.78 is 10.6. The summed E-state index contributed by atoms with van der Waals surface area (Å²) in [5.74, 6) is 1.86. The zero-order valence-corrected chi connectivity index (χ0v) is 14.8. The topological polar surface area (TPSA) is 51.1 Å². The van der Waals surface area contributed by atoms with Gasteiger partial charge in [0, 0.05) is 22.9 Å². The second-order valence-corrected chi connectivity index (χ2v) is 6.92. The van der Waals surface area contributed by atoms with Gasteiger partial charge in [-0.15, -0.1) is 0 Å². The quantitative estimate of drug-likeness (QED) is 0.819. The SMILES string of the molecule is O=C(c1ccc2c(c1)OCO2)N1CCN=C1SCc1ccccc1Cl. The first-order chi connectivity index (χ1) is 12.2. The highest BCUT2D eigenvalue weighted by atomic mass is 35.5. The first-order valence-corrected chi connectivity index (χ1v) is 9.21. The number of thioether (sulfide) groups is 1. The van der Waals surface area contributed by atoms with Crippen LogP contribution in [0.2, 0.25) is 5.02 Å². The zero-order chi connectivity index (χ0) is 17.2. The summed E-state index contributed by atoms with van der Waals surface area (Å²) in [5, 5.41) is 1.45. The van der Waals surface area contributed by atoms with Crippen molar-refractivity contribution in [3.63, 3.8) is 0 Å². The van der Waals surface area contributed by atoms with Crippen molar-refractivity contribution in [2.45, 2.75) is 5.75 Å². The van der Waals surface area contributed by atoms with Crippen LogP contribution in [0.5, 0.6) is 11.5 Å². The molecule has 5 nitrogen and oxygen atoms in total. The number of benzene rings is 2. The molecule has 128 valence electrons. The van der Waals surface area contributed by atoms with Gasteiger partial charge in [0.1, 0.15) is 0 Å². The average molecular weight is 375 g/mol. The van der Waals surface area contributed by atoms with E-state index in [1.807, 2.05) is 24.3 Å². The number of hydrogen-bond acceptors (Lipinski definition) is 5. The van der Waals surface area contributed by atoms with E-state index in [-0.39, 0.29) is 12.7 Å². The summed E-state index contributed by atoms with van der Waals surface area (Å²) >= 11 is 7.72. The molecule has 2 aromatic rings. The standard InChI is InChI=1S/C18H15ClN2O3S/c19-14-4-2-1-3-13(14)10-25-18-20-7-8-21(18)17(22)12-5-6-15-16(9-12)24-11-23-15/h1-6,9H,7-8,10-11H2. The number of fused-ring (bicyclic) bond motifs is 1. The van der Waals surface area contributed by atoms with Crippen molar-refractivity contribution < 1.29 is 14.3 Å². The monoisotopic (exact) mass is 374 g/mol. The zero-order valence-electron chi connectivity index (χ0n) is 13.3. The highest BCUT2D eigenvalue weighted by Gasteiger charge is 2.26. The summed E-state index contributed by atoms with van der Waals surface area (Å²) in [6.07, 6.45) is 0. The van der Waals surface area contributed by atoms with Crippen LogP contribution in [0.25, 0.3) is 0 Å². The van der Waals surface area contributed by atoms with E-state index in [2.05, 4.69) is 4.99 Å². The van der Waals surface area contributed by atoms with Crippen LogP contribution in [0.4, 0.5) is 0 Å². The third-order valence-corrected chi connectivity index (χ3v) is 5.41. The molecule has 0 unspecified atom stereocenters. The number of rotatable bonds is 3. The number of nitrogens with zero attached hydrogens (tertiary/aromatic N) is 2. The van der Waals surface area contributed by atoms with Gasteiger partial charge in [0.25, 0.3) is 5.91 Å². The Hall–Kier alpha value is -2.18. The Morgan fingerprint density at radius 3 is 2.92 bits per heavy atom. The largest absolute Gasteiger partial charge is 0.454 e. The van der Waals surface area contributed by atoms with Gasteiger partial charge in [-0.25, -0.2) is 0 Å². The lowest BCUT2D eigenvalue weighted by Crippen LogP contribution is -2.32. The minimum Gasteiger partial charge on any atom is -0.454 e. The normalized spacial score (nSPS) is 15.4.